The largest absolute Gasteiger partial charge is 0.349 e. The van der Waals surface area contributed by atoms with Crippen molar-refractivity contribution in [2.75, 3.05) is 0 Å². The number of hydrogen-bond acceptors (Lipinski definition) is 1. The number of fused-ring (bicyclic) bond motifs is 3. The van der Waals surface area contributed by atoms with E-state index in [9.17, 15) is 4.79 Å². The normalized spacial score (nSPS) is 16.8. The van der Waals surface area contributed by atoms with Gasteiger partial charge in [-0.2, -0.15) is 0 Å². The minimum absolute atomic E-state index is 0.0498. The summed E-state index contributed by atoms with van der Waals surface area (Å²) in [6.45, 7) is 0. The molecule has 0 saturated carbocycles. The third-order valence-corrected chi connectivity index (χ3v) is 5.18. The van der Waals surface area contributed by atoms with Gasteiger partial charge in [0.2, 0.25) is 0 Å². The van der Waals surface area contributed by atoms with Gasteiger partial charge < -0.3 is 9.88 Å². The molecule has 3 nitrogen and oxygen atoms in total. The molecule has 2 aromatic carbocycles. The summed E-state index contributed by atoms with van der Waals surface area (Å²) in [5.41, 5.74) is 4.65. The minimum atomic E-state index is -0.0498. The Kier molecular flexibility index (Phi) is 3.81. The van der Waals surface area contributed by atoms with Crippen LogP contribution in [0.4, 0.5) is 0 Å². The van der Waals surface area contributed by atoms with E-state index in [1.54, 1.807) is 24.3 Å². The fourth-order valence-corrected chi connectivity index (χ4v) is 3.94. The summed E-state index contributed by atoms with van der Waals surface area (Å²) in [6, 6.07) is 15.7. The van der Waals surface area contributed by atoms with Crippen molar-refractivity contribution < 1.29 is 4.79 Å². The third-order valence-electron chi connectivity index (χ3n) is 4.95. The van der Waals surface area contributed by atoms with Gasteiger partial charge in [0.15, 0.2) is 0 Å². The minimum Gasteiger partial charge on any atom is -0.349 e. The second-order valence-corrected chi connectivity index (χ2v) is 6.86. The lowest BCUT2D eigenvalue weighted by Gasteiger charge is -2.24. The number of para-hydroxylation sites is 1. The van der Waals surface area contributed by atoms with Crippen LogP contribution in [0.15, 0.2) is 48.5 Å². The van der Waals surface area contributed by atoms with Crippen LogP contribution >= 0.6 is 11.6 Å². The van der Waals surface area contributed by atoms with Gasteiger partial charge in [-0.15, -0.1) is 0 Å². The summed E-state index contributed by atoms with van der Waals surface area (Å²) in [5.74, 6) is -0.0498. The zero-order valence-electron chi connectivity index (χ0n) is 13.6. The molecule has 0 bridgehead atoms. The van der Waals surface area contributed by atoms with Gasteiger partial charge >= 0.3 is 0 Å². The fourth-order valence-electron chi connectivity index (χ4n) is 3.75. The van der Waals surface area contributed by atoms with Crippen LogP contribution in [0.5, 0.6) is 0 Å². The molecule has 1 aliphatic rings. The van der Waals surface area contributed by atoms with Crippen molar-refractivity contribution in [1.29, 1.82) is 0 Å². The first-order valence-corrected chi connectivity index (χ1v) is 8.63. The summed E-state index contributed by atoms with van der Waals surface area (Å²) in [7, 11) is 2.13. The molecule has 4 rings (SSSR count). The zero-order valence-corrected chi connectivity index (χ0v) is 14.3. The predicted octanol–water partition coefficient (Wildman–Crippen LogP) is 4.12. The number of aromatic nitrogens is 1. The summed E-state index contributed by atoms with van der Waals surface area (Å²) in [5, 5.41) is 5.06. The molecule has 4 heteroatoms. The average Bonchev–Trinajstić information content (AvgIpc) is 2.88. The van der Waals surface area contributed by atoms with Crippen molar-refractivity contribution in [3.8, 4) is 0 Å². The number of carbonyl (C=O) groups excluding carboxylic acids is 1. The zero-order chi connectivity index (χ0) is 16.7. The molecule has 1 aliphatic carbocycles. The number of nitrogens with one attached hydrogen (secondary N) is 1. The molecule has 0 fully saturated rings. The van der Waals surface area contributed by atoms with Crippen LogP contribution in [0.2, 0.25) is 5.02 Å². The first kappa shape index (κ1) is 15.3. The Labute approximate surface area is 146 Å². The lowest BCUT2D eigenvalue weighted by Crippen LogP contribution is -2.39. The highest BCUT2D eigenvalue weighted by atomic mass is 35.5. The van der Waals surface area contributed by atoms with Gasteiger partial charge in [0.1, 0.15) is 0 Å². The summed E-state index contributed by atoms with van der Waals surface area (Å²) < 4.78 is 2.29. The molecule has 0 radical (unpaired) electrons. The van der Waals surface area contributed by atoms with Crippen molar-refractivity contribution in [2.45, 2.75) is 25.3 Å². The fraction of sp³-hybridized carbons (Fsp3) is 0.250. The first-order chi connectivity index (χ1) is 11.6. The summed E-state index contributed by atoms with van der Waals surface area (Å²) in [4.78, 5) is 12.5. The third kappa shape index (κ3) is 2.59. The average molecular weight is 339 g/mol. The maximum atomic E-state index is 12.5. The van der Waals surface area contributed by atoms with Crippen molar-refractivity contribution in [1.82, 2.24) is 9.88 Å². The molecule has 24 heavy (non-hydrogen) atoms. The lowest BCUT2D eigenvalue weighted by molar-refractivity contribution is 0.0933. The quantitative estimate of drug-likeness (QED) is 0.749. The number of carbonyl (C=O) groups is 1. The summed E-state index contributed by atoms with van der Waals surface area (Å²) >= 11 is 5.98. The smallest absolute Gasteiger partial charge is 0.251 e. The Balaban J connectivity index is 1.58. The molecule has 3 aromatic rings. The van der Waals surface area contributed by atoms with Crippen LogP contribution < -0.4 is 5.32 Å². The van der Waals surface area contributed by atoms with E-state index >= 15 is 0 Å². The SMILES string of the molecule is Cn1c2c(c3ccccc31)CC(NC(=O)c1cccc(Cl)c1)CC2. The van der Waals surface area contributed by atoms with E-state index in [0.717, 1.165) is 19.3 Å². The number of rotatable bonds is 2. The van der Waals surface area contributed by atoms with Crippen molar-refractivity contribution in [3.63, 3.8) is 0 Å². The molecule has 1 atom stereocenters. The first-order valence-electron chi connectivity index (χ1n) is 8.25. The van der Waals surface area contributed by atoms with Gasteiger partial charge in [0.05, 0.1) is 0 Å². The number of aryl methyl sites for hydroxylation is 1. The van der Waals surface area contributed by atoms with Crippen molar-refractivity contribution >= 4 is 28.4 Å². The molecule has 1 N–H and O–H groups in total. The number of nitrogens with zero attached hydrogens (tertiary/aromatic N) is 1. The van der Waals surface area contributed by atoms with Crippen LogP contribution in [-0.2, 0) is 19.9 Å². The Bertz CT molecular complexity index is 929. The Morgan fingerprint density at radius 3 is 2.88 bits per heavy atom. The molecule has 1 aromatic heterocycles. The number of amides is 1. The molecule has 0 saturated heterocycles. The van der Waals surface area contributed by atoms with Crippen molar-refractivity contribution in [2.24, 2.45) is 7.05 Å². The van der Waals surface area contributed by atoms with E-state index < -0.39 is 0 Å². The maximum Gasteiger partial charge on any atom is 0.251 e. The van der Waals surface area contributed by atoms with E-state index in [2.05, 4.69) is 41.2 Å². The van der Waals surface area contributed by atoms with E-state index in [4.69, 9.17) is 11.6 Å². The Hall–Kier alpha value is -2.26. The molecule has 1 amide bonds. The topological polar surface area (TPSA) is 34.0 Å². The Morgan fingerprint density at radius 2 is 2.04 bits per heavy atom. The second-order valence-electron chi connectivity index (χ2n) is 6.42. The van der Waals surface area contributed by atoms with Gasteiger partial charge in [0, 0.05) is 40.3 Å². The number of hydrogen-bond donors (Lipinski definition) is 1. The van der Waals surface area contributed by atoms with Crippen LogP contribution in [0.3, 0.4) is 0 Å². The molecular formula is C20H19ClN2O. The van der Waals surface area contributed by atoms with Crippen LogP contribution in [0.25, 0.3) is 10.9 Å². The Morgan fingerprint density at radius 1 is 1.21 bits per heavy atom. The van der Waals surface area contributed by atoms with Gasteiger partial charge in [-0.25, -0.2) is 0 Å². The highest BCUT2D eigenvalue weighted by molar-refractivity contribution is 6.30. The van der Waals surface area contributed by atoms with E-state index in [1.165, 1.54) is 22.2 Å². The standard InChI is InChI=1S/C20H19ClN2O/c1-23-18-8-3-2-7-16(18)17-12-15(9-10-19(17)23)22-20(24)13-5-4-6-14(21)11-13/h2-8,11,15H,9-10,12H2,1H3,(H,22,24). The highest BCUT2D eigenvalue weighted by Gasteiger charge is 2.25. The van der Waals surface area contributed by atoms with Gasteiger partial charge in [-0.3, -0.25) is 4.79 Å². The van der Waals surface area contributed by atoms with Gasteiger partial charge in [-0.05, 0) is 49.1 Å². The van der Waals surface area contributed by atoms with Crippen LogP contribution in [0, 0.1) is 0 Å². The number of halogens is 1. The van der Waals surface area contributed by atoms with E-state index in [0.29, 0.717) is 10.6 Å². The van der Waals surface area contributed by atoms with E-state index in [-0.39, 0.29) is 11.9 Å². The van der Waals surface area contributed by atoms with Crippen molar-refractivity contribution in [3.05, 3.63) is 70.4 Å². The molecule has 1 unspecified atom stereocenters. The van der Waals surface area contributed by atoms with Crippen LogP contribution in [0.1, 0.15) is 28.0 Å². The predicted molar refractivity (Wildman–Crippen MR) is 97.7 cm³/mol. The molecule has 0 spiro atoms. The summed E-state index contributed by atoms with van der Waals surface area (Å²) in [6.07, 6.45) is 2.83. The second kappa shape index (κ2) is 5.99. The molecule has 0 aliphatic heterocycles. The molecule has 1 heterocycles. The van der Waals surface area contributed by atoms with Crippen LogP contribution in [-0.4, -0.2) is 16.5 Å². The highest BCUT2D eigenvalue weighted by Crippen LogP contribution is 2.31. The number of benzene rings is 2. The molecule has 122 valence electrons. The maximum absolute atomic E-state index is 12.5. The monoisotopic (exact) mass is 338 g/mol. The molecular weight excluding hydrogens is 320 g/mol. The van der Waals surface area contributed by atoms with E-state index in [1.807, 2.05) is 0 Å². The van der Waals surface area contributed by atoms with Gasteiger partial charge in [0.25, 0.3) is 5.91 Å². The van der Waals surface area contributed by atoms with Gasteiger partial charge in [-0.1, -0.05) is 35.9 Å². The lowest BCUT2D eigenvalue weighted by atomic mass is 9.91.